The van der Waals surface area contributed by atoms with E-state index in [-0.39, 0.29) is 34.6 Å². The second kappa shape index (κ2) is 6.19. The highest BCUT2D eigenvalue weighted by Crippen LogP contribution is 2.42. The van der Waals surface area contributed by atoms with Crippen LogP contribution in [0.4, 0.5) is 5.69 Å². The lowest BCUT2D eigenvalue weighted by Crippen LogP contribution is -2.38. The number of benzene rings is 1. The second-order valence-corrected chi connectivity index (χ2v) is 10.2. The van der Waals surface area contributed by atoms with E-state index < -0.39 is 9.84 Å². The molecule has 0 aliphatic carbocycles. The number of aryl methyl sites for hydroxylation is 2. The Bertz CT molecular complexity index is 815. The van der Waals surface area contributed by atoms with Crippen LogP contribution in [0.15, 0.2) is 23.2 Å². The normalized spacial score (nSPS) is 27.0. The van der Waals surface area contributed by atoms with Crippen molar-refractivity contribution in [2.45, 2.75) is 39.0 Å². The van der Waals surface area contributed by atoms with Crippen molar-refractivity contribution in [1.82, 2.24) is 0 Å². The van der Waals surface area contributed by atoms with Crippen LogP contribution < -0.4 is 4.90 Å². The van der Waals surface area contributed by atoms with Crippen LogP contribution in [0, 0.1) is 19.8 Å². The monoisotopic (exact) mass is 366 g/mol. The number of hydrogen-bond donors (Lipinski definition) is 0. The van der Waals surface area contributed by atoms with E-state index in [4.69, 9.17) is 0 Å². The molecule has 1 amide bonds. The zero-order valence-corrected chi connectivity index (χ0v) is 15.9. The molecule has 1 aromatic rings. The lowest BCUT2D eigenvalue weighted by molar-refractivity contribution is -0.120. The summed E-state index contributed by atoms with van der Waals surface area (Å²) in [6, 6.07) is 5.94. The summed E-state index contributed by atoms with van der Waals surface area (Å²) < 4.78 is 24.1. The van der Waals surface area contributed by atoms with Gasteiger partial charge >= 0.3 is 0 Å². The summed E-state index contributed by atoms with van der Waals surface area (Å²) in [7, 11) is -3.04. The predicted molar refractivity (Wildman–Crippen MR) is 99.5 cm³/mol. The summed E-state index contributed by atoms with van der Waals surface area (Å²) in [4.78, 5) is 18.4. The van der Waals surface area contributed by atoms with Crippen LogP contribution in [0.25, 0.3) is 0 Å². The van der Waals surface area contributed by atoms with Crippen LogP contribution in [-0.2, 0) is 14.6 Å². The minimum absolute atomic E-state index is 0.0615. The minimum Gasteiger partial charge on any atom is -0.315 e. The van der Waals surface area contributed by atoms with Gasteiger partial charge in [-0.1, -0.05) is 37.7 Å². The number of amidine groups is 1. The third-order valence-corrected chi connectivity index (χ3v) is 7.60. The molecule has 0 unspecified atom stereocenters. The highest BCUT2D eigenvalue weighted by molar-refractivity contribution is 8.16. The van der Waals surface area contributed by atoms with Gasteiger partial charge in [-0.3, -0.25) is 4.79 Å². The maximum Gasteiger partial charge on any atom is 0.250 e. The van der Waals surface area contributed by atoms with Gasteiger partial charge in [-0.05, 0) is 31.0 Å². The van der Waals surface area contributed by atoms with Crippen molar-refractivity contribution in [3.63, 3.8) is 0 Å². The number of amides is 1. The molecule has 0 N–H and O–H groups in total. The molecular weight excluding hydrogens is 344 g/mol. The molecule has 2 heterocycles. The fourth-order valence-electron chi connectivity index (χ4n) is 3.05. The Balaban J connectivity index is 2.08. The second-order valence-electron chi connectivity index (χ2n) is 6.85. The van der Waals surface area contributed by atoms with E-state index in [0.29, 0.717) is 5.17 Å². The summed E-state index contributed by atoms with van der Waals surface area (Å²) in [5, 5.41) is 0.570. The topological polar surface area (TPSA) is 66.8 Å². The molecule has 0 radical (unpaired) electrons. The van der Waals surface area contributed by atoms with Crippen molar-refractivity contribution in [2.75, 3.05) is 16.4 Å². The molecule has 2 aliphatic rings. The van der Waals surface area contributed by atoms with E-state index >= 15 is 0 Å². The Hall–Kier alpha value is -1.34. The van der Waals surface area contributed by atoms with Gasteiger partial charge in [0.2, 0.25) is 0 Å². The number of nitrogens with zero attached hydrogens (tertiary/aromatic N) is 2. The predicted octanol–water partition coefficient (Wildman–Crippen LogP) is 2.56. The van der Waals surface area contributed by atoms with Crippen LogP contribution in [0.2, 0.25) is 0 Å². The van der Waals surface area contributed by atoms with Crippen molar-refractivity contribution in [3.8, 4) is 0 Å². The third kappa shape index (κ3) is 3.24. The minimum atomic E-state index is -3.04. The van der Waals surface area contributed by atoms with Gasteiger partial charge in [0.1, 0.15) is 0 Å². The van der Waals surface area contributed by atoms with E-state index in [1.165, 1.54) is 11.8 Å². The number of sulfone groups is 1. The molecule has 0 aromatic heterocycles. The number of fused-ring (bicyclic) bond motifs is 1. The first-order valence-corrected chi connectivity index (χ1v) is 10.7. The van der Waals surface area contributed by atoms with Crippen molar-refractivity contribution in [2.24, 2.45) is 10.9 Å². The molecule has 0 spiro atoms. The molecule has 2 saturated heterocycles. The number of rotatable bonds is 2. The van der Waals surface area contributed by atoms with Gasteiger partial charge in [-0.15, -0.1) is 0 Å². The molecular formula is C17H22N2O3S2. The molecule has 2 atom stereocenters. The standard InChI is InChI=1S/C17H22N2O3S2/c1-10(2)16(20)18-17-19(13-7-11(3)5-6-12(13)4)14-8-24(21,22)9-15(14)23-17/h5-7,10,14-15H,8-9H2,1-4H3/t14-,15-/m0/s1. The fourth-order valence-corrected chi connectivity index (χ4v) is 6.96. The maximum absolute atomic E-state index is 12.1. The number of carbonyl (C=O) groups excluding carboxylic acids is 1. The van der Waals surface area contributed by atoms with Crippen LogP contribution in [-0.4, -0.2) is 42.3 Å². The average molecular weight is 367 g/mol. The Labute approximate surface area is 147 Å². The molecule has 130 valence electrons. The van der Waals surface area contributed by atoms with Gasteiger partial charge in [0.15, 0.2) is 15.0 Å². The van der Waals surface area contributed by atoms with Gasteiger partial charge in [0.05, 0.1) is 17.5 Å². The van der Waals surface area contributed by atoms with Gasteiger partial charge in [-0.2, -0.15) is 4.99 Å². The van der Waals surface area contributed by atoms with Crippen LogP contribution in [0.3, 0.4) is 0 Å². The first-order chi connectivity index (χ1) is 11.2. The van der Waals surface area contributed by atoms with Crippen LogP contribution in [0.1, 0.15) is 25.0 Å². The molecule has 24 heavy (non-hydrogen) atoms. The highest BCUT2D eigenvalue weighted by Gasteiger charge is 2.49. The Morgan fingerprint density at radius 1 is 1.29 bits per heavy atom. The summed E-state index contributed by atoms with van der Waals surface area (Å²) in [6.07, 6.45) is 0. The number of anilines is 1. The van der Waals surface area contributed by atoms with E-state index in [0.717, 1.165) is 16.8 Å². The molecule has 3 rings (SSSR count). The van der Waals surface area contributed by atoms with Crippen LogP contribution >= 0.6 is 11.8 Å². The summed E-state index contributed by atoms with van der Waals surface area (Å²) >= 11 is 1.42. The molecule has 0 bridgehead atoms. The number of hydrogen-bond acceptors (Lipinski definition) is 4. The summed E-state index contributed by atoms with van der Waals surface area (Å²) in [6.45, 7) is 7.64. The molecule has 7 heteroatoms. The van der Waals surface area contributed by atoms with Crippen molar-refractivity contribution >= 4 is 38.4 Å². The van der Waals surface area contributed by atoms with Gasteiger partial charge in [0.25, 0.3) is 5.91 Å². The van der Waals surface area contributed by atoms with Gasteiger partial charge in [0, 0.05) is 16.9 Å². The fraction of sp³-hybridized carbons (Fsp3) is 0.529. The maximum atomic E-state index is 12.1. The first-order valence-electron chi connectivity index (χ1n) is 8.04. The van der Waals surface area contributed by atoms with E-state index in [9.17, 15) is 13.2 Å². The zero-order valence-electron chi connectivity index (χ0n) is 14.3. The number of thioether (sulfide) groups is 1. The van der Waals surface area contributed by atoms with Gasteiger partial charge in [-0.25, -0.2) is 8.42 Å². The average Bonchev–Trinajstić information content (AvgIpc) is 2.92. The third-order valence-electron chi connectivity index (χ3n) is 4.39. The summed E-state index contributed by atoms with van der Waals surface area (Å²) in [5.74, 6) is -0.0794. The van der Waals surface area contributed by atoms with E-state index in [2.05, 4.69) is 4.99 Å². The largest absolute Gasteiger partial charge is 0.315 e. The Kier molecular flexibility index (Phi) is 4.51. The van der Waals surface area contributed by atoms with Crippen LogP contribution in [0.5, 0.6) is 0 Å². The molecule has 1 aromatic carbocycles. The Morgan fingerprint density at radius 3 is 2.67 bits per heavy atom. The Morgan fingerprint density at radius 2 is 2.00 bits per heavy atom. The number of aliphatic imine (C=N–C) groups is 1. The van der Waals surface area contributed by atoms with Crippen molar-refractivity contribution in [1.29, 1.82) is 0 Å². The summed E-state index contributed by atoms with van der Waals surface area (Å²) in [5.41, 5.74) is 3.10. The first kappa shape index (κ1) is 17.5. The lowest BCUT2D eigenvalue weighted by Gasteiger charge is -2.26. The SMILES string of the molecule is Cc1ccc(C)c(N2C(=NC(=O)C(C)C)S[C@H]3CS(=O)(=O)C[C@@H]32)c1. The van der Waals surface area contributed by atoms with E-state index in [1.54, 1.807) is 0 Å². The van der Waals surface area contributed by atoms with Gasteiger partial charge < -0.3 is 4.90 Å². The van der Waals surface area contributed by atoms with E-state index in [1.807, 2.05) is 50.8 Å². The quantitative estimate of drug-likeness (QED) is 0.805. The van der Waals surface area contributed by atoms with Crippen molar-refractivity contribution in [3.05, 3.63) is 29.3 Å². The molecule has 5 nitrogen and oxygen atoms in total. The number of carbonyl (C=O) groups is 1. The lowest BCUT2D eigenvalue weighted by atomic mass is 10.1. The molecule has 0 saturated carbocycles. The van der Waals surface area contributed by atoms with Crippen molar-refractivity contribution < 1.29 is 13.2 Å². The highest BCUT2D eigenvalue weighted by atomic mass is 32.2. The molecule has 2 fully saturated rings. The zero-order chi connectivity index (χ0) is 17.6. The molecule has 2 aliphatic heterocycles. The smallest absolute Gasteiger partial charge is 0.250 e.